The Kier molecular flexibility index (Phi) is 33.6. The van der Waals surface area contributed by atoms with Crippen LogP contribution in [-0.2, 0) is 104 Å². The maximum atomic E-state index is 12.6. The number of esters is 3. The summed E-state index contributed by atoms with van der Waals surface area (Å²) in [6.07, 6.45) is -1.56. The summed E-state index contributed by atoms with van der Waals surface area (Å²) in [5, 5.41) is 19.8. The van der Waals surface area contributed by atoms with Crippen molar-refractivity contribution < 1.29 is 114 Å². The lowest BCUT2D eigenvalue weighted by atomic mass is 9.82. The zero-order chi connectivity index (χ0) is 77.9. The lowest BCUT2D eigenvalue weighted by molar-refractivity contribution is -0.267. The van der Waals surface area contributed by atoms with Gasteiger partial charge in [0, 0.05) is 112 Å². The molecule has 584 valence electrons. The minimum absolute atomic E-state index is 0.0165. The molecule has 27 nitrogen and oxygen atoms in total. The highest BCUT2D eigenvalue weighted by molar-refractivity contribution is 7.25. The lowest BCUT2D eigenvalue weighted by Crippen LogP contribution is -2.57. The van der Waals surface area contributed by atoms with Crippen molar-refractivity contribution in [2.75, 3.05) is 70.2 Å². The number of carbonyl (C=O) groups is 4. The zero-order valence-electron chi connectivity index (χ0n) is 65.8. The number of hydrogen-bond acceptors (Lipinski definition) is 27. The Morgan fingerprint density at radius 2 is 0.824 bits per heavy atom. The first-order valence-corrected chi connectivity index (χ1v) is 37.6. The van der Waals surface area contributed by atoms with E-state index in [1.54, 1.807) is 89.3 Å². The van der Waals surface area contributed by atoms with E-state index in [2.05, 4.69) is 11.5 Å². The Labute approximate surface area is 610 Å². The molecule has 6 aliphatic rings. The molecule has 6 heterocycles. The molecular formula is C72H122N3O24P3. The third-order valence-electron chi connectivity index (χ3n) is 20.0. The molecule has 0 radical (unpaired) electrons. The Hall–Kier alpha value is -3.82. The van der Waals surface area contributed by atoms with Gasteiger partial charge in [-0.2, -0.15) is 0 Å². The molecular weight excluding hydrogens is 1380 g/mol. The summed E-state index contributed by atoms with van der Waals surface area (Å²) in [5.41, 5.74) is -3.34. The van der Waals surface area contributed by atoms with Crippen LogP contribution < -0.4 is 0 Å². The maximum absolute atomic E-state index is 12.6. The van der Waals surface area contributed by atoms with Crippen LogP contribution in [0.2, 0.25) is 0 Å². The average Bonchev–Trinajstić information content (AvgIpc) is 0.782. The standard InChI is InChI=1S/C24H42NO9P.C24H40NO8P.C24H40NO7P/c1-13-10-17(25(7)8)19(35-29)22(31-13)32-20(24(6,30-9)11-16(27)12-26)14(2)18-15(3)21(28)34-23(4,5)33-18;1-13(26)12-24(7,29-10)20(15(3)18-16(4)21(27)33-23(5,6)32-18)31-22-19(34-28)17(25(8)9)11-14(2)30-22;1-11-12-24(7,28-10)20(15(3)18-16(4)21(26)32-23(5,6)31-18)30-22-19(33-27)17(25(8)9)13-14(2)29-22/h13-14,16-17,19-20,22,26-27H,10-12H2,1-9H3;14-15,17,19-20,22H,11-12H2,1-10H3;11,14-15,17,19-20,22H,1,12-13H2,2-10H3/t13-,14+,16?,17?,19-,20-,22+,24-;2*14-,15+,17?,19-,20-,22+,24-/m111/s1. The summed E-state index contributed by atoms with van der Waals surface area (Å²) in [6, 6.07) is -0.0781. The van der Waals surface area contributed by atoms with Gasteiger partial charge in [-0.15, -0.1) is 6.58 Å². The normalized spacial score (nSPS) is 31.3. The molecule has 2 N–H and O–H groups in total. The highest BCUT2D eigenvalue weighted by Crippen LogP contribution is 2.46. The Bertz CT molecular complexity index is 2980. The van der Waals surface area contributed by atoms with Gasteiger partial charge in [0.1, 0.15) is 40.0 Å². The predicted octanol–water partition coefficient (Wildman–Crippen LogP) is 10.5. The van der Waals surface area contributed by atoms with Crippen LogP contribution in [0.1, 0.15) is 170 Å². The monoisotopic (exact) mass is 1510 g/mol. The third-order valence-corrected chi connectivity index (χ3v) is 22.4. The van der Waals surface area contributed by atoms with Crippen molar-refractivity contribution in [3.05, 3.63) is 46.7 Å². The number of hydrogen-bond donors (Lipinski definition) is 2. The number of ketones is 1. The molecule has 0 saturated carbocycles. The number of ether oxygens (including phenoxy) is 15. The molecule has 6 aliphatic heterocycles. The second kappa shape index (κ2) is 37.8. The number of aliphatic hydroxyl groups is 2. The van der Waals surface area contributed by atoms with E-state index in [0.29, 0.717) is 53.3 Å². The van der Waals surface area contributed by atoms with Crippen LogP contribution in [0.3, 0.4) is 0 Å². The molecule has 0 amide bonds. The first kappa shape index (κ1) is 90.6. The van der Waals surface area contributed by atoms with Gasteiger partial charge >= 0.3 is 17.9 Å². The van der Waals surface area contributed by atoms with Crippen molar-refractivity contribution >= 4 is 49.1 Å². The molecule has 0 aromatic heterocycles. The zero-order valence-corrected chi connectivity index (χ0v) is 68.4. The fourth-order valence-corrected chi connectivity index (χ4v) is 16.7. The van der Waals surface area contributed by atoms with E-state index in [1.165, 1.54) is 21.1 Å². The van der Waals surface area contributed by atoms with Gasteiger partial charge in [-0.05, 0) is 137 Å². The van der Waals surface area contributed by atoms with Gasteiger partial charge in [-0.1, -0.05) is 26.8 Å². The van der Waals surface area contributed by atoms with E-state index < -0.39 is 131 Å². The van der Waals surface area contributed by atoms with Crippen LogP contribution in [0.15, 0.2) is 46.7 Å². The van der Waals surface area contributed by atoms with Gasteiger partial charge in [-0.25, -0.2) is 14.4 Å². The topological polar surface area (TPSA) is 308 Å². The number of nitrogens with zero attached hydrogens (tertiary/aromatic N) is 3. The van der Waals surface area contributed by atoms with Crippen molar-refractivity contribution in [1.82, 2.24) is 14.7 Å². The molecule has 0 aliphatic carbocycles. The predicted molar refractivity (Wildman–Crippen MR) is 382 cm³/mol. The number of aliphatic hydroxyl groups excluding tert-OH is 2. The second-order valence-electron chi connectivity index (χ2n) is 30.7. The third kappa shape index (κ3) is 22.9. The van der Waals surface area contributed by atoms with E-state index in [1.807, 2.05) is 101 Å². The first-order valence-electron chi connectivity index (χ1n) is 35.0. The summed E-state index contributed by atoms with van der Waals surface area (Å²) in [6.45, 7) is 36.8. The summed E-state index contributed by atoms with van der Waals surface area (Å²) in [7, 11) is 16.0. The summed E-state index contributed by atoms with van der Waals surface area (Å²) in [5.74, 6) is -5.13. The SMILES string of the molecule is C=CC[C@@](C)(OC)[C@H](O[C@@H]1O[C@H](C)CC(N(C)C)[C@H]1P=O)[C@@H](C)C1=C(C)C(=O)OC(C)(C)O1.CO[C@](C)(CC(C)=O)[C@H](O[C@@H]1O[C@H](C)CC(N(C)C)[C@H]1P=O)[C@@H](C)C1=C(C)C(=O)OC(C)(C)O1.CO[C@](C)(CC(O)CO)[C@H](O[C@@H]1O[C@H](C)CC(N(C)C)[C@H]1P=O)[C@@H](C)C1=C(C)C(=O)OC(C)(C)O1. The van der Waals surface area contributed by atoms with Crippen LogP contribution in [-0.4, -0.2) is 250 Å². The maximum Gasteiger partial charge on any atom is 0.340 e. The van der Waals surface area contributed by atoms with E-state index >= 15 is 0 Å². The number of Topliss-reactive ketones (excluding diaryl/α,β-unsaturated/α-hetero) is 1. The smallest absolute Gasteiger partial charge is 0.340 e. The fraction of sp³-hybridized carbons (Fsp3) is 0.833. The van der Waals surface area contributed by atoms with Crippen LogP contribution in [0.4, 0.5) is 0 Å². The molecule has 3 saturated heterocycles. The minimum Gasteiger partial charge on any atom is -0.456 e. The van der Waals surface area contributed by atoms with E-state index in [9.17, 15) is 43.1 Å². The lowest BCUT2D eigenvalue weighted by Gasteiger charge is -2.47. The van der Waals surface area contributed by atoms with E-state index in [-0.39, 0.29) is 86.1 Å². The van der Waals surface area contributed by atoms with Crippen molar-refractivity contribution in [2.24, 2.45) is 17.8 Å². The summed E-state index contributed by atoms with van der Waals surface area (Å²) >= 11 is 0. The molecule has 102 heavy (non-hydrogen) atoms. The first-order chi connectivity index (χ1) is 47.1. The summed E-state index contributed by atoms with van der Waals surface area (Å²) in [4.78, 5) is 55.9. The number of carbonyl (C=O) groups excluding carboxylic acids is 4. The molecule has 0 aromatic carbocycles. The minimum atomic E-state index is -1.18. The van der Waals surface area contributed by atoms with Crippen LogP contribution in [0.25, 0.3) is 0 Å². The van der Waals surface area contributed by atoms with Gasteiger partial charge in [0.25, 0.3) is 0 Å². The molecule has 3 fully saturated rings. The molecule has 6 rings (SSSR count). The van der Waals surface area contributed by atoms with E-state index in [4.69, 9.17) is 71.1 Å². The fourth-order valence-electron chi connectivity index (χ4n) is 14.4. The second-order valence-corrected chi connectivity index (χ2v) is 33.1. The number of cyclic esters (lactones) is 3. The molecule has 0 spiro atoms. The average molecular weight is 1510 g/mol. The quantitative estimate of drug-likeness (QED) is 0.0282. The highest BCUT2D eigenvalue weighted by Gasteiger charge is 2.54. The van der Waals surface area contributed by atoms with Gasteiger partial charge in [0.15, 0.2) is 44.3 Å². The largest absolute Gasteiger partial charge is 0.456 e. The van der Waals surface area contributed by atoms with E-state index in [0.717, 1.165) is 6.42 Å². The van der Waals surface area contributed by atoms with Crippen LogP contribution in [0.5, 0.6) is 0 Å². The van der Waals surface area contributed by atoms with Gasteiger partial charge < -0.3 is 96.0 Å². The van der Waals surface area contributed by atoms with Gasteiger partial charge in [0.2, 0.25) is 17.4 Å². The molecule has 30 heteroatoms. The van der Waals surface area contributed by atoms with Crippen molar-refractivity contribution in [3.8, 4) is 0 Å². The van der Waals surface area contributed by atoms with Crippen molar-refractivity contribution in [3.63, 3.8) is 0 Å². The summed E-state index contributed by atoms with van der Waals surface area (Å²) < 4.78 is 127. The van der Waals surface area contributed by atoms with Gasteiger partial charge in [0.05, 0.1) is 82.9 Å². The van der Waals surface area contributed by atoms with Gasteiger partial charge in [-0.3, -0.25) is 18.5 Å². The van der Waals surface area contributed by atoms with Crippen LogP contribution >= 0.6 is 25.4 Å². The number of rotatable bonds is 31. The molecule has 0 aromatic rings. The Balaban J connectivity index is 0.000000324. The molecule has 4 unspecified atom stereocenters. The van der Waals surface area contributed by atoms with Crippen LogP contribution in [0, 0.1) is 17.8 Å². The molecule has 22 atom stereocenters. The number of methoxy groups -OCH3 is 3. The van der Waals surface area contributed by atoms with Crippen molar-refractivity contribution in [1.29, 1.82) is 0 Å². The Morgan fingerprint density at radius 1 is 0.549 bits per heavy atom. The molecule has 0 bridgehead atoms. The van der Waals surface area contributed by atoms with Crippen molar-refractivity contribution in [2.45, 2.75) is 301 Å². The highest BCUT2D eigenvalue weighted by atomic mass is 31.1. The Morgan fingerprint density at radius 3 is 1.06 bits per heavy atom.